The first-order chi connectivity index (χ1) is 8.63. The predicted octanol–water partition coefficient (Wildman–Crippen LogP) is 4.56. The van der Waals surface area contributed by atoms with Crippen LogP contribution in [0.2, 0.25) is 10.0 Å². The minimum absolute atomic E-state index is 0.0638. The molecule has 0 fully saturated rings. The third-order valence-electron chi connectivity index (χ3n) is 2.64. The van der Waals surface area contributed by atoms with Crippen molar-refractivity contribution in [1.29, 1.82) is 0 Å². The maximum atomic E-state index is 6.21. The molecule has 2 nitrogen and oxygen atoms in total. The van der Waals surface area contributed by atoms with Gasteiger partial charge in [0.2, 0.25) is 0 Å². The van der Waals surface area contributed by atoms with Crippen LogP contribution in [0.25, 0.3) is 0 Å². The number of rotatable bonds is 4. The quantitative estimate of drug-likeness (QED) is 0.615. The number of nitrogens with one attached hydrogen (secondary N) is 1. The van der Waals surface area contributed by atoms with E-state index in [4.69, 9.17) is 29.0 Å². The molecule has 0 bridgehead atoms. The van der Waals surface area contributed by atoms with Crippen LogP contribution in [-0.4, -0.2) is 0 Å². The van der Waals surface area contributed by atoms with Gasteiger partial charge in [0.25, 0.3) is 0 Å². The molecule has 1 aromatic carbocycles. The maximum absolute atomic E-state index is 6.21. The Morgan fingerprint density at radius 3 is 2.72 bits per heavy atom. The topological polar surface area (TPSA) is 38.0 Å². The summed E-state index contributed by atoms with van der Waals surface area (Å²) in [5, 5.41) is 3.13. The maximum Gasteiger partial charge on any atom is 0.0640 e. The minimum atomic E-state index is -0.0638. The predicted molar refractivity (Wildman–Crippen MR) is 82.2 cm³/mol. The number of hydrogen-bond donors (Lipinski definition) is 2. The van der Waals surface area contributed by atoms with E-state index in [2.05, 4.69) is 21.4 Å². The highest BCUT2D eigenvalue weighted by atomic mass is 79.9. The lowest BCUT2D eigenvalue weighted by molar-refractivity contribution is 0.555. The van der Waals surface area contributed by atoms with Crippen molar-refractivity contribution in [3.05, 3.63) is 54.6 Å². The molecule has 0 saturated carbocycles. The summed E-state index contributed by atoms with van der Waals surface area (Å²) in [6, 6.07) is 7.53. The largest absolute Gasteiger partial charge is 0.271 e. The molecule has 1 aromatic heterocycles. The van der Waals surface area contributed by atoms with Crippen LogP contribution in [0.4, 0.5) is 0 Å². The van der Waals surface area contributed by atoms with E-state index in [0.717, 1.165) is 16.5 Å². The molecule has 6 heteroatoms. The number of halogens is 3. The van der Waals surface area contributed by atoms with Gasteiger partial charge in [0.15, 0.2) is 0 Å². The highest BCUT2D eigenvalue weighted by molar-refractivity contribution is 9.10. The van der Waals surface area contributed by atoms with E-state index < -0.39 is 0 Å². The molecule has 1 atom stereocenters. The van der Waals surface area contributed by atoms with Gasteiger partial charge in [-0.15, -0.1) is 11.3 Å². The molecule has 1 unspecified atom stereocenters. The van der Waals surface area contributed by atoms with Crippen LogP contribution in [0, 0.1) is 0 Å². The third-order valence-corrected chi connectivity index (χ3v) is 5.42. The zero-order chi connectivity index (χ0) is 13.1. The molecule has 18 heavy (non-hydrogen) atoms. The molecule has 1 heterocycles. The van der Waals surface area contributed by atoms with Crippen molar-refractivity contribution in [2.24, 2.45) is 5.84 Å². The van der Waals surface area contributed by atoms with Gasteiger partial charge in [-0.1, -0.05) is 35.3 Å². The van der Waals surface area contributed by atoms with Crippen molar-refractivity contribution in [2.45, 2.75) is 12.5 Å². The number of benzene rings is 1. The second kappa shape index (κ2) is 6.37. The highest BCUT2D eigenvalue weighted by Gasteiger charge is 2.17. The molecule has 0 spiro atoms. The number of hydrazine groups is 1. The van der Waals surface area contributed by atoms with Crippen LogP contribution in [0.15, 0.2) is 34.1 Å². The van der Waals surface area contributed by atoms with Crippen LogP contribution < -0.4 is 11.3 Å². The second-order valence-corrected chi connectivity index (χ2v) is 6.40. The molecule has 0 radical (unpaired) electrons. The van der Waals surface area contributed by atoms with E-state index in [1.165, 1.54) is 4.88 Å². The van der Waals surface area contributed by atoms with Gasteiger partial charge in [-0.25, -0.2) is 0 Å². The molecule has 0 aliphatic carbocycles. The normalized spacial score (nSPS) is 12.7. The number of thiophene rings is 1. The van der Waals surface area contributed by atoms with Gasteiger partial charge in [-0.2, -0.15) is 0 Å². The Balaban J connectivity index is 2.29. The summed E-state index contributed by atoms with van der Waals surface area (Å²) in [6.07, 6.45) is 0.759. The van der Waals surface area contributed by atoms with Crippen molar-refractivity contribution < 1.29 is 0 Å². The standard InChI is InChI=1S/C12H11BrCl2N2S/c13-8-4-5-18-11(8)6-10(17-16)7-2-1-3-9(14)12(7)15/h1-5,10,17H,6,16H2. The van der Waals surface area contributed by atoms with Crippen LogP contribution in [0.3, 0.4) is 0 Å². The molecule has 0 aliphatic rings. The molecule has 2 aromatic rings. The summed E-state index contributed by atoms with van der Waals surface area (Å²) >= 11 is 17.4. The smallest absolute Gasteiger partial charge is 0.0640 e. The van der Waals surface area contributed by atoms with Crippen molar-refractivity contribution in [3.8, 4) is 0 Å². The van der Waals surface area contributed by atoms with Crippen LogP contribution in [0.1, 0.15) is 16.5 Å². The van der Waals surface area contributed by atoms with Gasteiger partial charge in [0.05, 0.1) is 16.1 Å². The molecule has 96 valence electrons. The molecule has 0 amide bonds. The van der Waals surface area contributed by atoms with Gasteiger partial charge in [0, 0.05) is 15.8 Å². The van der Waals surface area contributed by atoms with Crippen molar-refractivity contribution in [3.63, 3.8) is 0 Å². The average Bonchev–Trinajstić information content (AvgIpc) is 2.76. The van der Waals surface area contributed by atoms with Gasteiger partial charge in [-0.05, 0) is 39.0 Å². The van der Waals surface area contributed by atoms with E-state index in [-0.39, 0.29) is 6.04 Å². The van der Waals surface area contributed by atoms with E-state index in [1.807, 2.05) is 23.6 Å². The Morgan fingerprint density at radius 2 is 2.11 bits per heavy atom. The lowest BCUT2D eigenvalue weighted by Crippen LogP contribution is -2.29. The van der Waals surface area contributed by atoms with Crippen molar-refractivity contribution in [1.82, 2.24) is 5.43 Å². The summed E-state index contributed by atoms with van der Waals surface area (Å²) in [7, 11) is 0. The van der Waals surface area contributed by atoms with Gasteiger partial charge in [0.1, 0.15) is 0 Å². The number of hydrogen-bond acceptors (Lipinski definition) is 3. The zero-order valence-corrected chi connectivity index (χ0v) is 13.2. The second-order valence-electron chi connectivity index (χ2n) is 3.76. The molecule has 0 saturated heterocycles. The first-order valence-corrected chi connectivity index (χ1v) is 7.68. The summed E-state index contributed by atoms with van der Waals surface area (Å²) in [5.41, 5.74) is 3.70. The van der Waals surface area contributed by atoms with E-state index in [9.17, 15) is 0 Å². The number of nitrogens with two attached hydrogens (primary N) is 1. The van der Waals surface area contributed by atoms with Crippen molar-refractivity contribution in [2.75, 3.05) is 0 Å². The molecule has 2 rings (SSSR count). The van der Waals surface area contributed by atoms with Crippen LogP contribution in [-0.2, 0) is 6.42 Å². The zero-order valence-electron chi connectivity index (χ0n) is 9.29. The molecular formula is C12H11BrCl2N2S. The fourth-order valence-electron chi connectivity index (χ4n) is 1.70. The van der Waals surface area contributed by atoms with Crippen molar-refractivity contribution >= 4 is 50.5 Å². The molecular weight excluding hydrogens is 355 g/mol. The fraction of sp³-hybridized carbons (Fsp3) is 0.167. The van der Waals surface area contributed by atoms with E-state index >= 15 is 0 Å². The van der Waals surface area contributed by atoms with E-state index in [1.54, 1.807) is 17.4 Å². The summed E-state index contributed by atoms with van der Waals surface area (Å²) in [6.45, 7) is 0. The van der Waals surface area contributed by atoms with E-state index in [0.29, 0.717) is 10.0 Å². The van der Waals surface area contributed by atoms with Gasteiger partial charge < -0.3 is 0 Å². The lowest BCUT2D eigenvalue weighted by Gasteiger charge is -2.17. The fourth-order valence-corrected chi connectivity index (χ4v) is 3.71. The Bertz CT molecular complexity index is 545. The van der Waals surface area contributed by atoms with Crippen LogP contribution >= 0.6 is 50.5 Å². The SMILES string of the molecule is NNC(Cc1sccc1Br)c1cccc(Cl)c1Cl. The first-order valence-electron chi connectivity index (χ1n) is 5.25. The Kier molecular flexibility index (Phi) is 5.06. The average molecular weight is 366 g/mol. The van der Waals surface area contributed by atoms with Crippen LogP contribution in [0.5, 0.6) is 0 Å². The van der Waals surface area contributed by atoms with Gasteiger partial charge in [-0.3, -0.25) is 11.3 Å². The Labute approximate surface area is 128 Å². The lowest BCUT2D eigenvalue weighted by atomic mass is 10.0. The molecule has 0 aliphatic heterocycles. The summed E-state index contributed by atoms with van der Waals surface area (Å²) in [5.74, 6) is 5.63. The van der Waals surface area contributed by atoms with Gasteiger partial charge >= 0.3 is 0 Å². The highest BCUT2D eigenvalue weighted by Crippen LogP contribution is 2.33. The first kappa shape index (κ1) is 14.3. The minimum Gasteiger partial charge on any atom is -0.271 e. The Hall–Kier alpha value is -0.100. The molecule has 3 N–H and O–H groups in total. The Morgan fingerprint density at radius 1 is 1.33 bits per heavy atom. The summed E-state index contributed by atoms with van der Waals surface area (Å²) in [4.78, 5) is 1.22. The monoisotopic (exact) mass is 364 g/mol. The third kappa shape index (κ3) is 3.07. The summed E-state index contributed by atoms with van der Waals surface area (Å²) < 4.78 is 1.09.